The number of amides is 1. The van der Waals surface area contributed by atoms with Crippen LogP contribution in [-0.2, 0) is 4.79 Å². The first-order chi connectivity index (χ1) is 16.9. The Bertz CT molecular complexity index is 908. The summed E-state index contributed by atoms with van der Waals surface area (Å²) < 4.78 is 25.3. The number of hydrogen-bond acceptors (Lipinski definition) is 5. The SMILES string of the molecule is CCC(CC)Oc1ccc([C@@H](O)[C@@H](CN2CCC(F)C2)NC(=O)CCOc2ccc(Cl)cc2)cc1. The molecule has 0 radical (unpaired) electrons. The van der Waals surface area contributed by atoms with Crippen LogP contribution in [0.4, 0.5) is 4.39 Å². The molecular formula is C27H36ClFN2O4. The van der Waals surface area contributed by atoms with Crippen molar-refractivity contribution in [2.45, 2.75) is 64.0 Å². The van der Waals surface area contributed by atoms with Crippen LogP contribution in [0.15, 0.2) is 48.5 Å². The first-order valence-corrected chi connectivity index (χ1v) is 12.7. The van der Waals surface area contributed by atoms with E-state index in [0.29, 0.717) is 42.4 Å². The highest BCUT2D eigenvalue weighted by atomic mass is 35.5. The predicted octanol–water partition coefficient (Wildman–Crippen LogP) is 4.94. The third-order valence-corrected chi connectivity index (χ3v) is 6.50. The van der Waals surface area contributed by atoms with E-state index in [4.69, 9.17) is 21.1 Å². The Balaban J connectivity index is 1.60. The molecule has 1 aliphatic rings. The predicted molar refractivity (Wildman–Crippen MR) is 136 cm³/mol. The third-order valence-electron chi connectivity index (χ3n) is 6.24. The minimum Gasteiger partial charge on any atom is -0.493 e. The Morgan fingerprint density at radius 2 is 1.80 bits per heavy atom. The van der Waals surface area contributed by atoms with Crippen molar-refractivity contribution in [3.8, 4) is 11.5 Å². The van der Waals surface area contributed by atoms with Crippen molar-refractivity contribution in [3.63, 3.8) is 0 Å². The van der Waals surface area contributed by atoms with Crippen LogP contribution in [0, 0.1) is 0 Å². The summed E-state index contributed by atoms with van der Waals surface area (Å²) in [5.74, 6) is 1.13. The largest absolute Gasteiger partial charge is 0.493 e. The number of benzene rings is 2. The first-order valence-electron chi connectivity index (χ1n) is 12.4. The van der Waals surface area contributed by atoms with Crippen molar-refractivity contribution in [2.75, 3.05) is 26.2 Å². The molecule has 1 saturated heterocycles. The van der Waals surface area contributed by atoms with Gasteiger partial charge < -0.3 is 19.9 Å². The zero-order valence-corrected chi connectivity index (χ0v) is 21.2. The van der Waals surface area contributed by atoms with Crippen LogP contribution < -0.4 is 14.8 Å². The highest BCUT2D eigenvalue weighted by molar-refractivity contribution is 6.30. The van der Waals surface area contributed by atoms with Crippen molar-refractivity contribution >= 4 is 17.5 Å². The monoisotopic (exact) mass is 506 g/mol. The minimum absolute atomic E-state index is 0.125. The smallest absolute Gasteiger partial charge is 0.223 e. The maximum atomic E-state index is 13.7. The van der Waals surface area contributed by atoms with Gasteiger partial charge in [0.1, 0.15) is 23.8 Å². The zero-order chi connectivity index (χ0) is 25.2. The zero-order valence-electron chi connectivity index (χ0n) is 20.5. The Kier molecular flexibility index (Phi) is 10.6. The van der Waals surface area contributed by atoms with Crippen LogP contribution in [0.2, 0.25) is 5.02 Å². The van der Waals surface area contributed by atoms with E-state index < -0.39 is 18.3 Å². The fourth-order valence-electron chi connectivity index (χ4n) is 4.15. The molecule has 1 amide bonds. The summed E-state index contributed by atoms with van der Waals surface area (Å²) in [6.45, 7) is 5.62. The van der Waals surface area contributed by atoms with Crippen LogP contribution in [-0.4, -0.2) is 60.5 Å². The standard InChI is InChI=1S/C27H36ClFN2O4/c1-3-22(4-2)35-24-9-5-19(6-10-24)27(33)25(18-31-15-13-21(29)17-31)30-26(32)14-16-34-23-11-7-20(28)8-12-23/h5-12,21-22,25,27,33H,3-4,13-18H2,1-2H3,(H,30,32)/t21?,25-,27-/m1/s1. The maximum Gasteiger partial charge on any atom is 0.223 e. The van der Waals surface area contributed by atoms with Crippen LogP contribution in [0.1, 0.15) is 51.2 Å². The van der Waals surface area contributed by atoms with E-state index in [9.17, 15) is 14.3 Å². The molecule has 6 nitrogen and oxygen atoms in total. The molecule has 1 heterocycles. The molecule has 3 rings (SSSR count). The molecular weight excluding hydrogens is 471 g/mol. The molecule has 1 unspecified atom stereocenters. The minimum atomic E-state index is -0.947. The quantitative estimate of drug-likeness (QED) is 0.403. The Morgan fingerprint density at radius 1 is 1.14 bits per heavy atom. The topological polar surface area (TPSA) is 71.0 Å². The number of aliphatic hydroxyl groups is 1. The highest BCUT2D eigenvalue weighted by Crippen LogP contribution is 2.24. The van der Waals surface area contributed by atoms with Gasteiger partial charge in [-0.05, 0) is 61.2 Å². The van der Waals surface area contributed by atoms with Crippen molar-refractivity contribution < 1.29 is 23.8 Å². The van der Waals surface area contributed by atoms with Crippen LogP contribution in [0.5, 0.6) is 11.5 Å². The second kappa shape index (κ2) is 13.7. The van der Waals surface area contributed by atoms with Gasteiger partial charge in [0.15, 0.2) is 0 Å². The fraction of sp³-hybridized carbons (Fsp3) is 0.519. The summed E-state index contributed by atoms with van der Waals surface area (Å²) in [5, 5.41) is 14.7. The lowest BCUT2D eigenvalue weighted by molar-refractivity contribution is -0.123. The van der Waals surface area contributed by atoms with Gasteiger partial charge in [0.25, 0.3) is 0 Å². The number of nitrogens with zero attached hydrogens (tertiary/aromatic N) is 1. The lowest BCUT2D eigenvalue weighted by Gasteiger charge is -2.29. The lowest BCUT2D eigenvalue weighted by Crippen LogP contribution is -2.47. The molecule has 0 bridgehead atoms. The number of carbonyl (C=O) groups is 1. The summed E-state index contributed by atoms with van der Waals surface area (Å²) in [6, 6.07) is 13.6. The first kappa shape index (κ1) is 27.2. The molecule has 1 fully saturated rings. The molecule has 192 valence electrons. The number of halogens is 2. The molecule has 2 aromatic carbocycles. The fourth-order valence-corrected chi connectivity index (χ4v) is 4.27. The van der Waals surface area contributed by atoms with Crippen molar-refractivity contribution in [1.29, 1.82) is 0 Å². The number of nitrogens with one attached hydrogen (secondary N) is 1. The van der Waals surface area contributed by atoms with Gasteiger partial charge in [-0.1, -0.05) is 37.6 Å². The van der Waals surface area contributed by atoms with Crippen molar-refractivity contribution in [1.82, 2.24) is 10.2 Å². The molecule has 3 atom stereocenters. The Morgan fingerprint density at radius 3 is 2.40 bits per heavy atom. The summed E-state index contributed by atoms with van der Waals surface area (Å²) in [6.07, 6.45) is 0.754. The van der Waals surface area contributed by atoms with Gasteiger partial charge >= 0.3 is 0 Å². The third kappa shape index (κ3) is 8.67. The van der Waals surface area contributed by atoms with Gasteiger partial charge in [0, 0.05) is 24.7 Å². The van der Waals surface area contributed by atoms with Gasteiger partial charge in [-0.15, -0.1) is 0 Å². The second-order valence-corrected chi connectivity index (χ2v) is 9.38. The van der Waals surface area contributed by atoms with E-state index in [1.807, 2.05) is 29.2 Å². The molecule has 1 aliphatic heterocycles. The summed E-state index contributed by atoms with van der Waals surface area (Å²) in [7, 11) is 0. The van der Waals surface area contributed by atoms with Crippen LogP contribution >= 0.6 is 11.6 Å². The van der Waals surface area contributed by atoms with E-state index >= 15 is 0 Å². The normalized spacial score (nSPS) is 17.8. The van der Waals surface area contributed by atoms with Gasteiger partial charge in [-0.25, -0.2) is 4.39 Å². The molecule has 0 aromatic heterocycles. The van der Waals surface area contributed by atoms with Crippen LogP contribution in [0.25, 0.3) is 0 Å². The van der Waals surface area contributed by atoms with Gasteiger partial charge in [0.05, 0.1) is 25.2 Å². The van der Waals surface area contributed by atoms with E-state index in [2.05, 4.69) is 19.2 Å². The van der Waals surface area contributed by atoms with Crippen molar-refractivity contribution in [3.05, 3.63) is 59.1 Å². The average Bonchev–Trinajstić information content (AvgIpc) is 3.27. The van der Waals surface area contributed by atoms with Crippen molar-refractivity contribution in [2.24, 2.45) is 0 Å². The summed E-state index contributed by atoms with van der Waals surface area (Å²) in [4.78, 5) is 14.6. The molecule has 0 saturated carbocycles. The lowest BCUT2D eigenvalue weighted by atomic mass is 10.0. The van der Waals surface area contributed by atoms with E-state index in [1.165, 1.54) is 0 Å². The van der Waals surface area contributed by atoms with E-state index in [1.54, 1.807) is 24.3 Å². The summed E-state index contributed by atoms with van der Waals surface area (Å²) >= 11 is 5.88. The van der Waals surface area contributed by atoms with E-state index in [-0.39, 0.29) is 25.0 Å². The summed E-state index contributed by atoms with van der Waals surface area (Å²) in [5.41, 5.74) is 0.667. The highest BCUT2D eigenvalue weighted by Gasteiger charge is 2.29. The number of ether oxygens (including phenoxy) is 2. The number of rotatable bonds is 13. The molecule has 8 heteroatoms. The molecule has 0 aliphatic carbocycles. The average molecular weight is 507 g/mol. The Labute approximate surface area is 212 Å². The molecule has 2 aromatic rings. The number of aliphatic hydroxyl groups excluding tert-OH is 1. The van der Waals surface area contributed by atoms with E-state index in [0.717, 1.165) is 18.6 Å². The van der Waals surface area contributed by atoms with Gasteiger partial charge in [-0.3, -0.25) is 9.69 Å². The molecule has 35 heavy (non-hydrogen) atoms. The van der Waals surface area contributed by atoms with Gasteiger partial charge in [0.2, 0.25) is 5.91 Å². The second-order valence-electron chi connectivity index (χ2n) is 8.94. The maximum absolute atomic E-state index is 13.7. The number of likely N-dealkylation sites (tertiary alicyclic amines) is 1. The number of alkyl halides is 1. The number of carbonyl (C=O) groups excluding carboxylic acids is 1. The molecule has 0 spiro atoms. The van der Waals surface area contributed by atoms with Crippen LogP contribution in [0.3, 0.4) is 0 Å². The molecule has 2 N–H and O–H groups in total. The van der Waals surface area contributed by atoms with Gasteiger partial charge in [-0.2, -0.15) is 0 Å². The number of hydrogen-bond donors (Lipinski definition) is 2. The Hall–Kier alpha value is -2.35.